The number of carbonyl (C=O) groups is 2. The van der Waals surface area contributed by atoms with Crippen molar-refractivity contribution in [3.05, 3.63) is 29.3 Å². The number of rotatable bonds is 4. The van der Waals surface area contributed by atoms with Crippen LogP contribution in [-0.2, 0) is 14.3 Å². The molecule has 0 atom stereocenters. The van der Waals surface area contributed by atoms with E-state index in [9.17, 15) is 9.59 Å². The third-order valence-corrected chi connectivity index (χ3v) is 2.60. The minimum atomic E-state index is -0.459. The second-order valence-corrected chi connectivity index (χ2v) is 4.52. The van der Waals surface area contributed by atoms with E-state index in [1.807, 2.05) is 25.1 Å². The second-order valence-electron chi connectivity index (χ2n) is 4.52. The van der Waals surface area contributed by atoms with Crippen LogP contribution < -0.4 is 5.32 Å². The first-order valence-electron chi connectivity index (χ1n) is 5.94. The van der Waals surface area contributed by atoms with Gasteiger partial charge in [-0.05, 0) is 24.0 Å². The van der Waals surface area contributed by atoms with Crippen molar-refractivity contribution in [3.63, 3.8) is 0 Å². The highest BCUT2D eigenvalue weighted by atomic mass is 16.5. The van der Waals surface area contributed by atoms with Crippen LogP contribution >= 0.6 is 0 Å². The highest BCUT2D eigenvalue weighted by Crippen LogP contribution is 2.27. The molecule has 1 aromatic carbocycles. The van der Waals surface area contributed by atoms with E-state index in [0.717, 1.165) is 16.8 Å². The van der Waals surface area contributed by atoms with Gasteiger partial charge in [0.05, 0.1) is 0 Å². The Morgan fingerprint density at radius 3 is 2.56 bits per heavy atom. The molecule has 98 valence electrons. The molecule has 0 bridgehead atoms. The molecule has 0 saturated carbocycles. The van der Waals surface area contributed by atoms with E-state index >= 15 is 0 Å². The van der Waals surface area contributed by atoms with Gasteiger partial charge in [-0.2, -0.15) is 0 Å². The fourth-order valence-electron chi connectivity index (χ4n) is 1.69. The molecule has 0 aromatic heterocycles. The Balaban J connectivity index is 2.83. The highest BCUT2D eigenvalue weighted by Gasteiger charge is 2.12. The molecule has 0 heterocycles. The maximum atomic E-state index is 11.7. The quantitative estimate of drug-likeness (QED) is 0.834. The van der Waals surface area contributed by atoms with Crippen LogP contribution in [0.2, 0.25) is 0 Å². The number of carbonyl (C=O) groups excluding carboxylic acids is 2. The Morgan fingerprint density at radius 1 is 1.33 bits per heavy atom. The molecule has 0 aliphatic carbocycles. The lowest BCUT2D eigenvalue weighted by Crippen LogP contribution is -2.21. The molecule has 0 saturated heterocycles. The van der Waals surface area contributed by atoms with Gasteiger partial charge in [0, 0.05) is 12.6 Å². The average molecular weight is 249 g/mol. The van der Waals surface area contributed by atoms with Crippen LogP contribution in [0.5, 0.6) is 0 Å². The van der Waals surface area contributed by atoms with Gasteiger partial charge in [0.2, 0.25) is 0 Å². The maximum Gasteiger partial charge on any atom is 0.303 e. The fourth-order valence-corrected chi connectivity index (χ4v) is 1.69. The molecule has 1 amide bonds. The van der Waals surface area contributed by atoms with Gasteiger partial charge < -0.3 is 10.1 Å². The lowest BCUT2D eigenvalue weighted by Gasteiger charge is -2.16. The third kappa shape index (κ3) is 3.87. The third-order valence-electron chi connectivity index (χ3n) is 2.60. The highest BCUT2D eigenvalue weighted by molar-refractivity contribution is 5.94. The minimum Gasteiger partial charge on any atom is -0.456 e. The van der Waals surface area contributed by atoms with Crippen molar-refractivity contribution in [1.29, 1.82) is 0 Å². The molecule has 0 unspecified atom stereocenters. The normalized spacial score (nSPS) is 10.3. The van der Waals surface area contributed by atoms with Crippen LogP contribution in [0.3, 0.4) is 0 Å². The van der Waals surface area contributed by atoms with E-state index in [0.29, 0.717) is 5.92 Å². The summed E-state index contributed by atoms with van der Waals surface area (Å²) < 4.78 is 4.67. The minimum absolute atomic E-state index is 0.249. The van der Waals surface area contributed by atoms with Crippen LogP contribution in [-0.4, -0.2) is 18.5 Å². The number of anilines is 1. The molecule has 4 nitrogen and oxygen atoms in total. The van der Waals surface area contributed by atoms with Gasteiger partial charge in [0.25, 0.3) is 5.91 Å². The Labute approximate surface area is 107 Å². The lowest BCUT2D eigenvalue weighted by molar-refractivity contribution is -0.144. The van der Waals surface area contributed by atoms with Gasteiger partial charge in [-0.1, -0.05) is 32.0 Å². The molecular formula is C14H19NO3. The van der Waals surface area contributed by atoms with Crippen molar-refractivity contribution in [2.24, 2.45) is 0 Å². The zero-order valence-electron chi connectivity index (χ0n) is 11.2. The summed E-state index contributed by atoms with van der Waals surface area (Å²) in [6.45, 7) is 7.10. The van der Waals surface area contributed by atoms with Crippen LogP contribution in [0, 0.1) is 6.92 Å². The van der Waals surface area contributed by atoms with Gasteiger partial charge in [-0.25, -0.2) is 0 Å². The van der Waals surface area contributed by atoms with Crippen molar-refractivity contribution in [1.82, 2.24) is 0 Å². The SMILES string of the molecule is CC(=O)OCC(=O)Nc1c(C)cccc1C(C)C. The Morgan fingerprint density at radius 2 is 2.00 bits per heavy atom. The van der Waals surface area contributed by atoms with Crippen molar-refractivity contribution in [2.45, 2.75) is 33.6 Å². The van der Waals surface area contributed by atoms with Gasteiger partial charge in [-0.3, -0.25) is 9.59 Å². The first-order chi connectivity index (χ1) is 8.41. The molecule has 1 N–H and O–H groups in total. The molecule has 0 radical (unpaired) electrons. The van der Waals surface area contributed by atoms with Crippen molar-refractivity contribution in [2.75, 3.05) is 11.9 Å². The lowest BCUT2D eigenvalue weighted by atomic mass is 9.98. The second kappa shape index (κ2) is 6.19. The molecule has 1 rings (SSSR count). The number of aryl methyl sites for hydroxylation is 1. The Kier molecular flexibility index (Phi) is 4.89. The Bertz CT molecular complexity index is 452. The summed E-state index contributed by atoms with van der Waals surface area (Å²) in [7, 11) is 0. The summed E-state index contributed by atoms with van der Waals surface area (Å²) in [6, 6.07) is 5.89. The molecule has 0 fully saturated rings. The van der Waals surface area contributed by atoms with E-state index in [4.69, 9.17) is 0 Å². The average Bonchev–Trinajstić information content (AvgIpc) is 2.28. The first kappa shape index (κ1) is 14.2. The largest absolute Gasteiger partial charge is 0.456 e. The van der Waals surface area contributed by atoms with E-state index in [1.54, 1.807) is 0 Å². The standard InChI is InChI=1S/C14H19NO3/c1-9(2)12-7-5-6-10(3)14(12)15-13(17)8-18-11(4)16/h5-7,9H,8H2,1-4H3,(H,15,17). The molecule has 1 aromatic rings. The molecule has 0 spiro atoms. The van der Waals surface area contributed by atoms with E-state index in [-0.39, 0.29) is 12.5 Å². The molecule has 0 aliphatic heterocycles. The predicted molar refractivity (Wildman–Crippen MR) is 70.5 cm³/mol. The topological polar surface area (TPSA) is 55.4 Å². The van der Waals surface area contributed by atoms with Crippen molar-refractivity contribution >= 4 is 17.6 Å². The number of hydrogen-bond acceptors (Lipinski definition) is 3. The maximum absolute atomic E-state index is 11.7. The zero-order valence-corrected chi connectivity index (χ0v) is 11.2. The van der Waals surface area contributed by atoms with Crippen LogP contribution in [0.25, 0.3) is 0 Å². The molecule has 0 aliphatic rings. The Hall–Kier alpha value is -1.84. The number of benzene rings is 1. The van der Waals surface area contributed by atoms with E-state index < -0.39 is 5.97 Å². The number of hydrogen-bond donors (Lipinski definition) is 1. The molecular weight excluding hydrogens is 230 g/mol. The molecule has 4 heteroatoms. The summed E-state index contributed by atoms with van der Waals surface area (Å²) in [4.78, 5) is 22.3. The smallest absolute Gasteiger partial charge is 0.303 e. The predicted octanol–water partition coefficient (Wildman–Crippen LogP) is 2.62. The number of nitrogens with one attached hydrogen (secondary N) is 1. The van der Waals surface area contributed by atoms with Gasteiger partial charge in [-0.15, -0.1) is 0 Å². The van der Waals surface area contributed by atoms with E-state index in [2.05, 4.69) is 23.9 Å². The van der Waals surface area contributed by atoms with Gasteiger partial charge in [0.15, 0.2) is 6.61 Å². The number of esters is 1. The van der Waals surface area contributed by atoms with Crippen LogP contribution in [0.4, 0.5) is 5.69 Å². The summed E-state index contributed by atoms with van der Waals surface area (Å²) >= 11 is 0. The first-order valence-corrected chi connectivity index (χ1v) is 5.94. The van der Waals surface area contributed by atoms with Crippen molar-refractivity contribution < 1.29 is 14.3 Å². The summed E-state index contributed by atoms with van der Waals surface area (Å²) in [5.41, 5.74) is 2.88. The van der Waals surface area contributed by atoms with Gasteiger partial charge >= 0.3 is 5.97 Å². The van der Waals surface area contributed by atoms with Crippen molar-refractivity contribution in [3.8, 4) is 0 Å². The summed E-state index contributed by atoms with van der Waals surface area (Å²) in [5, 5.41) is 2.80. The number of amides is 1. The zero-order chi connectivity index (χ0) is 13.7. The summed E-state index contributed by atoms with van der Waals surface area (Å²) in [6.07, 6.45) is 0. The van der Waals surface area contributed by atoms with Gasteiger partial charge in [0.1, 0.15) is 0 Å². The van der Waals surface area contributed by atoms with E-state index in [1.165, 1.54) is 6.92 Å². The molecule has 18 heavy (non-hydrogen) atoms. The number of para-hydroxylation sites is 1. The number of ether oxygens (including phenoxy) is 1. The van der Waals surface area contributed by atoms with Crippen LogP contribution in [0.1, 0.15) is 37.8 Å². The fraction of sp³-hybridized carbons (Fsp3) is 0.429. The van der Waals surface area contributed by atoms with Crippen LogP contribution in [0.15, 0.2) is 18.2 Å². The monoisotopic (exact) mass is 249 g/mol. The summed E-state index contributed by atoms with van der Waals surface area (Å²) in [5.74, 6) is -0.464.